The van der Waals surface area contributed by atoms with Crippen molar-refractivity contribution < 1.29 is 9.53 Å². The van der Waals surface area contributed by atoms with E-state index in [-0.39, 0.29) is 37.3 Å². The van der Waals surface area contributed by atoms with Gasteiger partial charge in [0.25, 0.3) is 0 Å². The van der Waals surface area contributed by atoms with Crippen LogP contribution in [0, 0.1) is 0 Å². The number of halogens is 2. The lowest BCUT2D eigenvalue weighted by molar-refractivity contribution is -0.120. The molecule has 0 spiro atoms. The average Bonchev–Trinajstić information content (AvgIpc) is 3.24. The summed E-state index contributed by atoms with van der Waals surface area (Å²) in [6.45, 7) is 2.83. The Morgan fingerprint density at radius 3 is 2.57 bits per heavy atom. The van der Waals surface area contributed by atoms with Crippen molar-refractivity contribution in [2.45, 2.75) is 13.1 Å². The predicted octanol–water partition coefficient (Wildman–Crippen LogP) is 3.29. The van der Waals surface area contributed by atoms with E-state index in [4.69, 9.17) is 4.74 Å². The van der Waals surface area contributed by atoms with Gasteiger partial charge in [0.15, 0.2) is 0 Å². The summed E-state index contributed by atoms with van der Waals surface area (Å²) in [6.07, 6.45) is 5.55. The van der Waals surface area contributed by atoms with Crippen molar-refractivity contribution >= 4 is 30.7 Å². The van der Waals surface area contributed by atoms with E-state index in [1.807, 2.05) is 35.3 Å². The third-order valence-corrected chi connectivity index (χ3v) is 4.45. The molecule has 2 aromatic carbocycles. The second-order valence-corrected chi connectivity index (χ2v) is 6.54. The normalized spacial score (nSPS) is 10.0. The van der Waals surface area contributed by atoms with Crippen LogP contribution in [0.1, 0.15) is 11.1 Å². The SMILES string of the molecule is COCCNCC(=O)NCc1ccccc1-c1ccc(Cn2ccnc2)cc1.Cl.Cl. The molecule has 0 saturated carbocycles. The van der Waals surface area contributed by atoms with Crippen LogP contribution in [-0.2, 0) is 22.6 Å². The van der Waals surface area contributed by atoms with Gasteiger partial charge in [-0.25, -0.2) is 4.98 Å². The highest BCUT2D eigenvalue weighted by atomic mass is 35.5. The van der Waals surface area contributed by atoms with Crippen molar-refractivity contribution in [2.75, 3.05) is 26.8 Å². The third kappa shape index (κ3) is 7.80. The fraction of sp³-hybridized carbons (Fsp3) is 0.273. The number of nitrogens with zero attached hydrogens (tertiary/aromatic N) is 2. The van der Waals surface area contributed by atoms with Gasteiger partial charge in [0.2, 0.25) is 5.91 Å². The maximum absolute atomic E-state index is 12.0. The number of imidazole rings is 1. The lowest BCUT2D eigenvalue weighted by Crippen LogP contribution is -2.34. The van der Waals surface area contributed by atoms with Crippen LogP contribution in [0.3, 0.4) is 0 Å². The summed E-state index contributed by atoms with van der Waals surface area (Å²) in [7, 11) is 1.64. The molecule has 6 nitrogen and oxygen atoms in total. The molecule has 1 amide bonds. The molecule has 0 aliphatic rings. The second-order valence-electron chi connectivity index (χ2n) is 6.54. The Hall–Kier alpha value is -2.38. The smallest absolute Gasteiger partial charge is 0.234 e. The Labute approximate surface area is 189 Å². The minimum Gasteiger partial charge on any atom is -0.383 e. The number of amides is 1. The summed E-state index contributed by atoms with van der Waals surface area (Å²) in [5.41, 5.74) is 4.58. The van der Waals surface area contributed by atoms with Gasteiger partial charge < -0.3 is 19.9 Å². The van der Waals surface area contributed by atoms with E-state index < -0.39 is 0 Å². The lowest BCUT2D eigenvalue weighted by atomic mass is 9.98. The van der Waals surface area contributed by atoms with Crippen molar-refractivity contribution in [3.63, 3.8) is 0 Å². The Morgan fingerprint density at radius 1 is 1.10 bits per heavy atom. The van der Waals surface area contributed by atoms with Gasteiger partial charge in [-0.05, 0) is 22.3 Å². The zero-order valence-electron chi connectivity index (χ0n) is 16.9. The van der Waals surface area contributed by atoms with Crippen molar-refractivity contribution in [2.24, 2.45) is 0 Å². The number of hydrogen-bond acceptors (Lipinski definition) is 4. The van der Waals surface area contributed by atoms with Gasteiger partial charge in [-0.1, -0.05) is 48.5 Å². The molecule has 3 rings (SSSR count). The molecule has 0 saturated heterocycles. The molecular weight excluding hydrogens is 423 g/mol. The van der Waals surface area contributed by atoms with Gasteiger partial charge in [0.1, 0.15) is 0 Å². The minimum atomic E-state index is -0.0263. The molecule has 2 N–H and O–H groups in total. The van der Waals surface area contributed by atoms with E-state index in [0.717, 1.165) is 23.2 Å². The molecule has 0 radical (unpaired) electrons. The van der Waals surface area contributed by atoms with Gasteiger partial charge in [-0.2, -0.15) is 0 Å². The van der Waals surface area contributed by atoms with E-state index >= 15 is 0 Å². The number of ether oxygens (including phenoxy) is 1. The summed E-state index contributed by atoms with van der Waals surface area (Å²) < 4.78 is 7.00. The van der Waals surface area contributed by atoms with Gasteiger partial charge in [0.05, 0.1) is 19.5 Å². The van der Waals surface area contributed by atoms with Crippen molar-refractivity contribution in [1.82, 2.24) is 20.2 Å². The quantitative estimate of drug-likeness (QED) is 0.465. The first-order valence-electron chi connectivity index (χ1n) is 9.35. The summed E-state index contributed by atoms with van der Waals surface area (Å²) in [6, 6.07) is 16.7. The van der Waals surface area contributed by atoms with Crippen molar-refractivity contribution in [3.8, 4) is 11.1 Å². The Bertz CT molecular complexity index is 871. The highest BCUT2D eigenvalue weighted by Gasteiger charge is 2.07. The van der Waals surface area contributed by atoms with Crippen LogP contribution in [0.15, 0.2) is 67.3 Å². The van der Waals surface area contributed by atoms with Crippen LogP contribution >= 0.6 is 24.8 Å². The van der Waals surface area contributed by atoms with Gasteiger partial charge >= 0.3 is 0 Å². The number of carbonyl (C=O) groups is 1. The second kappa shape index (κ2) is 13.8. The molecular formula is C22H28Cl2N4O2. The molecule has 0 aliphatic carbocycles. The highest BCUT2D eigenvalue weighted by molar-refractivity contribution is 5.85. The third-order valence-electron chi connectivity index (χ3n) is 4.45. The fourth-order valence-electron chi connectivity index (χ4n) is 2.97. The molecule has 162 valence electrons. The topological polar surface area (TPSA) is 68.2 Å². The van der Waals surface area contributed by atoms with E-state index in [9.17, 15) is 4.79 Å². The zero-order chi connectivity index (χ0) is 19.6. The van der Waals surface area contributed by atoms with Crippen molar-refractivity contribution in [1.29, 1.82) is 0 Å². The Kier molecular flexibility index (Phi) is 11.8. The van der Waals surface area contributed by atoms with Crippen LogP contribution in [-0.4, -0.2) is 42.3 Å². The van der Waals surface area contributed by atoms with Gasteiger partial charge in [0, 0.05) is 39.1 Å². The molecule has 0 unspecified atom stereocenters. The van der Waals surface area contributed by atoms with E-state index in [1.54, 1.807) is 13.3 Å². The number of nitrogens with one attached hydrogen (secondary N) is 2. The van der Waals surface area contributed by atoms with Crippen molar-refractivity contribution in [3.05, 3.63) is 78.4 Å². The lowest BCUT2D eigenvalue weighted by Gasteiger charge is -2.12. The number of rotatable bonds is 10. The van der Waals surface area contributed by atoms with Crippen LogP contribution in [0.5, 0.6) is 0 Å². The number of benzene rings is 2. The molecule has 0 bridgehead atoms. The number of carbonyl (C=O) groups excluding carboxylic acids is 1. The van der Waals surface area contributed by atoms with Gasteiger partial charge in [-0.3, -0.25) is 4.79 Å². The number of hydrogen-bond donors (Lipinski definition) is 2. The summed E-state index contributed by atoms with van der Waals surface area (Å²) in [4.78, 5) is 16.1. The van der Waals surface area contributed by atoms with Gasteiger partial charge in [-0.15, -0.1) is 24.8 Å². The molecule has 30 heavy (non-hydrogen) atoms. The fourth-order valence-corrected chi connectivity index (χ4v) is 2.97. The molecule has 0 fully saturated rings. The first-order chi connectivity index (χ1) is 13.8. The molecule has 3 aromatic rings. The summed E-state index contributed by atoms with van der Waals surface area (Å²) >= 11 is 0. The Morgan fingerprint density at radius 2 is 1.87 bits per heavy atom. The molecule has 0 aliphatic heterocycles. The number of methoxy groups -OCH3 is 1. The first-order valence-corrected chi connectivity index (χ1v) is 9.35. The predicted molar refractivity (Wildman–Crippen MR) is 124 cm³/mol. The molecule has 0 atom stereocenters. The van der Waals surface area contributed by atoms with E-state index in [0.29, 0.717) is 19.7 Å². The van der Waals surface area contributed by atoms with Crippen LogP contribution in [0.25, 0.3) is 11.1 Å². The Balaban J connectivity index is 0.00000225. The van der Waals surface area contributed by atoms with Crippen LogP contribution < -0.4 is 10.6 Å². The average molecular weight is 451 g/mol. The van der Waals surface area contributed by atoms with E-state index in [2.05, 4.69) is 45.9 Å². The highest BCUT2D eigenvalue weighted by Crippen LogP contribution is 2.24. The summed E-state index contributed by atoms with van der Waals surface area (Å²) in [5, 5.41) is 6.02. The largest absolute Gasteiger partial charge is 0.383 e. The minimum absolute atomic E-state index is 0. The first kappa shape index (κ1) is 25.7. The standard InChI is InChI=1S/C22H26N4O2.2ClH/c1-28-13-11-23-15-22(27)25-14-20-4-2-3-5-21(20)19-8-6-18(7-9-19)16-26-12-10-24-17-26;;/h2-10,12,17,23H,11,13-16H2,1H3,(H,25,27);2*1H. The maximum atomic E-state index is 12.0. The summed E-state index contributed by atoms with van der Waals surface area (Å²) in [5.74, 6) is -0.0263. The molecule has 8 heteroatoms. The molecule has 1 heterocycles. The maximum Gasteiger partial charge on any atom is 0.234 e. The zero-order valence-corrected chi connectivity index (χ0v) is 18.5. The monoisotopic (exact) mass is 450 g/mol. The molecule has 1 aromatic heterocycles. The number of aromatic nitrogens is 2. The van der Waals surface area contributed by atoms with Crippen LogP contribution in [0.4, 0.5) is 0 Å². The van der Waals surface area contributed by atoms with E-state index in [1.165, 1.54) is 5.56 Å². The van der Waals surface area contributed by atoms with Crippen LogP contribution in [0.2, 0.25) is 0 Å².